The zero-order valence-electron chi connectivity index (χ0n) is 12.6. The standard InChI is InChI=1S/C16H15Cl2N3O.2ClH/c17-12-3-1-2-11(8-12)15-10-20-6-7-21(15)16(22)13-4-5-19-9-14(13)18;;/h1-5,8-9,15,20H,6-7,10H2;2*1H. The monoisotopic (exact) mass is 407 g/mol. The summed E-state index contributed by atoms with van der Waals surface area (Å²) in [5.41, 5.74) is 1.49. The van der Waals surface area contributed by atoms with Crippen molar-refractivity contribution in [1.82, 2.24) is 15.2 Å². The van der Waals surface area contributed by atoms with Crippen molar-refractivity contribution in [1.29, 1.82) is 0 Å². The Morgan fingerprint density at radius 3 is 2.75 bits per heavy atom. The molecule has 0 radical (unpaired) electrons. The Morgan fingerprint density at radius 2 is 2.04 bits per heavy atom. The Bertz CT molecular complexity index is 699. The number of carbonyl (C=O) groups excluding carboxylic acids is 1. The van der Waals surface area contributed by atoms with Crippen LogP contribution < -0.4 is 5.32 Å². The van der Waals surface area contributed by atoms with Gasteiger partial charge in [-0.15, -0.1) is 24.8 Å². The minimum Gasteiger partial charge on any atom is -0.329 e. The smallest absolute Gasteiger partial charge is 0.256 e. The normalized spacial score (nSPS) is 16.8. The molecule has 0 bridgehead atoms. The first kappa shape index (κ1) is 21.0. The summed E-state index contributed by atoms with van der Waals surface area (Å²) in [5, 5.41) is 4.36. The molecule has 1 aromatic heterocycles. The van der Waals surface area contributed by atoms with Gasteiger partial charge in [-0.25, -0.2) is 0 Å². The first-order chi connectivity index (χ1) is 10.7. The van der Waals surface area contributed by atoms with E-state index in [1.807, 2.05) is 29.2 Å². The zero-order valence-corrected chi connectivity index (χ0v) is 15.8. The summed E-state index contributed by atoms with van der Waals surface area (Å²) >= 11 is 12.2. The summed E-state index contributed by atoms with van der Waals surface area (Å²) in [6.07, 6.45) is 3.07. The molecular formula is C16H17Cl4N3O. The van der Waals surface area contributed by atoms with E-state index in [9.17, 15) is 4.79 Å². The van der Waals surface area contributed by atoms with E-state index in [-0.39, 0.29) is 36.8 Å². The Morgan fingerprint density at radius 1 is 1.25 bits per heavy atom. The molecule has 1 fully saturated rings. The van der Waals surface area contributed by atoms with Crippen LogP contribution in [0.1, 0.15) is 22.0 Å². The van der Waals surface area contributed by atoms with E-state index in [1.165, 1.54) is 6.20 Å². The van der Waals surface area contributed by atoms with E-state index in [4.69, 9.17) is 23.2 Å². The predicted molar refractivity (Wildman–Crippen MR) is 102 cm³/mol. The van der Waals surface area contributed by atoms with Crippen LogP contribution in [0, 0.1) is 0 Å². The van der Waals surface area contributed by atoms with E-state index in [1.54, 1.807) is 12.3 Å². The summed E-state index contributed by atoms with van der Waals surface area (Å²) in [5.74, 6) is -0.0844. The molecule has 3 rings (SSSR count). The molecule has 0 saturated carbocycles. The first-order valence-corrected chi connectivity index (χ1v) is 7.79. The summed E-state index contributed by atoms with van der Waals surface area (Å²) in [4.78, 5) is 18.6. The van der Waals surface area contributed by atoms with Gasteiger partial charge in [0.15, 0.2) is 0 Å². The molecule has 0 spiro atoms. The summed E-state index contributed by atoms with van der Waals surface area (Å²) in [6, 6.07) is 9.19. The number of amides is 1. The van der Waals surface area contributed by atoms with E-state index in [2.05, 4.69) is 10.3 Å². The van der Waals surface area contributed by atoms with E-state index in [0.29, 0.717) is 28.7 Å². The topological polar surface area (TPSA) is 45.2 Å². The number of carbonyl (C=O) groups is 1. The van der Waals surface area contributed by atoms with Crippen molar-refractivity contribution in [2.24, 2.45) is 0 Å². The van der Waals surface area contributed by atoms with Crippen LogP contribution in [0.3, 0.4) is 0 Å². The average Bonchev–Trinajstić information content (AvgIpc) is 2.55. The van der Waals surface area contributed by atoms with Crippen LogP contribution in [-0.2, 0) is 0 Å². The van der Waals surface area contributed by atoms with Gasteiger partial charge in [-0.1, -0.05) is 35.3 Å². The van der Waals surface area contributed by atoms with Crippen LogP contribution in [-0.4, -0.2) is 35.4 Å². The third-order valence-electron chi connectivity index (χ3n) is 3.74. The fourth-order valence-corrected chi connectivity index (χ4v) is 3.06. The predicted octanol–water partition coefficient (Wildman–Crippen LogP) is 4.02. The zero-order chi connectivity index (χ0) is 15.5. The highest BCUT2D eigenvalue weighted by Crippen LogP contribution is 2.27. The highest BCUT2D eigenvalue weighted by atomic mass is 35.5. The minimum atomic E-state index is -0.0844. The van der Waals surface area contributed by atoms with Gasteiger partial charge in [0.2, 0.25) is 0 Å². The van der Waals surface area contributed by atoms with Crippen molar-refractivity contribution in [3.63, 3.8) is 0 Å². The molecule has 1 aliphatic rings. The van der Waals surface area contributed by atoms with Crippen LogP contribution in [0.5, 0.6) is 0 Å². The Kier molecular flexibility index (Phi) is 8.27. The van der Waals surface area contributed by atoms with E-state index >= 15 is 0 Å². The quantitative estimate of drug-likeness (QED) is 0.816. The second-order valence-electron chi connectivity index (χ2n) is 5.13. The van der Waals surface area contributed by atoms with Crippen molar-refractivity contribution < 1.29 is 4.79 Å². The van der Waals surface area contributed by atoms with Gasteiger partial charge in [-0.2, -0.15) is 0 Å². The average molecular weight is 409 g/mol. The molecule has 24 heavy (non-hydrogen) atoms. The highest BCUT2D eigenvalue weighted by Gasteiger charge is 2.29. The number of piperazine rings is 1. The summed E-state index contributed by atoms with van der Waals surface area (Å²) in [7, 11) is 0. The lowest BCUT2D eigenvalue weighted by Crippen LogP contribution is -2.48. The van der Waals surface area contributed by atoms with Crippen LogP contribution in [0.25, 0.3) is 0 Å². The Labute approximate surface area is 163 Å². The number of halogens is 4. The molecule has 1 N–H and O–H groups in total. The van der Waals surface area contributed by atoms with Crippen LogP contribution in [0.2, 0.25) is 10.0 Å². The second kappa shape index (κ2) is 9.44. The number of hydrogen-bond acceptors (Lipinski definition) is 3. The van der Waals surface area contributed by atoms with Crippen molar-refractivity contribution in [2.45, 2.75) is 6.04 Å². The van der Waals surface area contributed by atoms with Gasteiger partial charge in [0.25, 0.3) is 5.91 Å². The maximum Gasteiger partial charge on any atom is 0.256 e. The molecule has 1 amide bonds. The molecule has 1 saturated heterocycles. The Hall–Kier alpha value is -1.04. The third kappa shape index (κ3) is 4.52. The van der Waals surface area contributed by atoms with Crippen molar-refractivity contribution in [2.75, 3.05) is 19.6 Å². The number of hydrogen-bond donors (Lipinski definition) is 1. The van der Waals surface area contributed by atoms with Crippen molar-refractivity contribution >= 4 is 53.9 Å². The lowest BCUT2D eigenvalue weighted by atomic mass is 10.0. The molecule has 4 nitrogen and oxygen atoms in total. The van der Waals surface area contributed by atoms with E-state index in [0.717, 1.165) is 12.1 Å². The van der Waals surface area contributed by atoms with Gasteiger partial charge >= 0.3 is 0 Å². The maximum atomic E-state index is 12.8. The number of benzene rings is 1. The minimum absolute atomic E-state index is 0. The maximum absolute atomic E-state index is 12.8. The largest absolute Gasteiger partial charge is 0.329 e. The van der Waals surface area contributed by atoms with Crippen LogP contribution in [0.4, 0.5) is 0 Å². The van der Waals surface area contributed by atoms with Crippen molar-refractivity contribution in [3.05, 3.63) is 63.9 Å². The molecule has 8 heteroatoms. The number of rotatable bonds is 2. The summed E-state index contributed by atoms with van der Waals surface area (Å²) < 4.78 is 0. The molecule has 1 atom stereocenters. The van der Waals surface area contributed by atoms with Gasteiger partial charge in [0.1, 0.15) is 0 Å². The fourth-order valence-electron chi connectivity index (χ4n) is 2.66. The van der Waals surface area contributed by atoms with Crippen LogP contribution >= 0.6 is 48.0 Å². The van der Waals surface area contributed by atoms with Gasteiger partial charge < -0.3 is 10.2 Å². The lowest BCUT2D eigenvalue weighted by Gasteiger charge is -2.36. The highest BCUT2D eigenvalue weighted by molar-refractivity contribution is 6.33. The first-order valence-electron chi connectivity index (χ1n) is 7.03. The second-order valence-corrected chi connectivity index (χ2v) is 5.97. The molecule has 1 aliphatic heterocycles. The van der Waals surface area contributed by atoms with Gasteiger partial charge in [-0.3, -0.25) is 9.78 Å². The molecular weight excluding hydrogens is 392 g/mol. The molecule has 130 valence electrons. The summed E-state index contributed by atoms with van der Waals surface area (Å²) in [6.45, 7) is 2.06. The SMILES string of the molecule is Cl.Cl.O=C(c1ccncc1Cl)N1CCNCC1c1cccc(Cl)c1. The van der Waals surface area contributed by atoms with E-state index < -0.39 is 0 Å². The van der Waals surface area contributed by atoms with Gasteiger partial charge in [0.05, 0.1) is 16.6 Å². The van der Waals surface area contributed by atoms with Gasteiger partial charge in [0, 0.05) is 37.1 Å². The Balaban J connectivity index is 0.00000144. The van der Waals surface area contributed by atoms with Crippen molar-refractivity contribution in [3.8, 4) is 0 Å². The molecule has 0 aliphatic carbocycles. The number of nitrogens with zero attached hydrogens (tertiary/aromatic N) is 2. The van der Waals surface area contributed by atoms with Crippen LogP contribution in [0.15, 0.2) is 42.7 Å². The van der Waals surface area contributed by atoms with Gasteiger partial charge in [-0.05, 0) is 23.8 Å². The molecule has 2 heterocycles. The molecule has 2 aromatic rings. The lowest BCUT2D eigenvalue weighted by molar-refractivity contribution is 0.0634. The number of pyridine rings is 1. The molecule has 1 aromatic carbocycles. The third-order valence-corrected chi connectivity index (χ3v) is 4.28. The molecule has 1 unspecified atom stereocenters. The fraction of sp³-hybridized carbons (Fsp3) is 0.250. The number of nitrogens with one attached hydrogen (secondary N) is 1. The number of aromatic nitrogens is 1.